The highest BCUT2D eigenvalue weighted by Crippen LogP contribution is 2.20. The number of primary amides is 1. The minimum Gasteiger partial charge on any atom is -0.370 e. The summed E-state index contributed by atoms with van der Waals surface area (Å²) in [6.45, 7) is 7.18. The lowest BCUT2D eigenvalue weighted by atomic mass is 9.97. The van der Waals surface area contributed by atoms with Gasteiger partial charge in [0.15, 0.2) is 0 Å². The van der Waals surface area contributed by atoms with Crippen molar-refractivity contribution in [1.29, 1.82) is 0 Å². The molecule has 0 spiro atoms. The minimum atomic E-state index is -0.274. The van der Waals surface area contributed by atoms with Gasteiger partial charge in [0.1, 0.15) is 0 Å². The molecule has 1 unspecified atom stereocenters. The van der Waals surface area contributed by atoms with Gasteiger partial charge in [0.2, 0.25) is 5.91 Å². The fourth-order valence-corrected chi connectivity index (χ4v) is 1.87. The molecule has 3 heteroatoms. The lowest BCUT2D eigenvalue weighted by molar-refractivity contribution is -0.118. The number of hydrogen-bond donors (Lipinski definition) is 2. The largest absolute Gasteiger partial charge is 0.370 e. The molecule has 0 aliphatic carbocycles. The van der Waals surface area contributed by atoms with E-state index in [2.05, 4.69) is 43.4 Å². The van der Waals surface area contributed by atoms with Crippen molar-refractivity contribution in [3.05, 3.63) is 35.4 Å². The maximum Gasteiger partial charge on any atom is 0.219 e. The van der Waals surface area contributed by atoms with Crippen molar-refractivity contribution in [3.8, 4) is 0 Å². The Balaban J connectivity index is 2.83. The van der Waals surface area contributed by atoms with Gasteiger partial charge in [-0.1, -0.05) is 45.0 Å². The molecule has 1 aromatic rings. The number of nitrogens with two attached hydrogens (primary N) is 1. The van der Waals surface area contributed by atoms with Crippen molar-refractivity contribution in [1.82, 2.24) is 5.32 Å². The molecular formula is C14H22N2O. The number of hydrogen-bond acceptors (Lipinski definition) is 2. The minimum absolute atomic E-state index is 0.0266. The fourth-order valence-electron chi connectivity index (χ4n) is 1.87. The molecular weight excluding hydrogens is 212 g/mol. The highest BCUT2D eigenvalue weighted by atomic mass is 16.1. The van der Waals surface area contributed by atoms with E-state index in [1.54, 1.807) is 0 Å². The summed E-state index contributed by atoms with van der Waals surface area (Å²) in [6.07, 6.45) is 0.342. The summed E-state index contributed by atoms with van der Waals surface area (Å²) in [5, 5.41) is 3.28. The second-order valence-electron chi connectivity index (χ2n) is 4.60. The summed E-state index contributed by atoms with van der Waals surface area (Å²) in [5.41, 5.74) is 7.69. The molecule has 1 atom stereocenters. The number of rotatable bonds is 6. The van der Waals surface area contributed by atoms with Crippen molar-refractivity contribution in [2.24, 2.45) is 5.73 Å². The van der Waals surface area contributed by atoms with E-state index < -0.39 is 0 Å². The van der Waals surface area contributed by atoms with Crippen molar-refractivity contribution in [2.45, 2.75) is 39.2 Å². The maximum atomic E-state index is 11.0. The van der Waals surface area contributed by atoms with Crippen LogP contribution in [0.1, 0.15) is 50.3 Å². The third-order valence-corrected chi connectivity index (χ3v) is 2.86. The van der Waals surface area contributed by atoms with E-state index in [1.807, 2.05) is 6.92 Å². The second-order valence-corrected chi connectivity index (χ2v) is 4.60. The summed E-state index contributed by atoms with van der Waals surface area (Å²) in [6, 6.07) is 8.41. The lowest BCUT2D eigenvalue weighted by Crippen LogP contribution is -2.26. The molecule has 0 heterocycles. The van der Waals surface area contributed by atoms with Crippen LogP contribution in [-0.2, 0) is 4.79 Å². The van der Waals surface area contributed by atoms with Crippen LogP contribution in [0, 0.1) is 0 Å². The molecule has 0 radical (unpaired) electrons. The van der Waals surface area contributed by atoms with Gasteiger partial charge >= 0.3 is 0 Å². The third-order valence-electron chi connectivity index (χ3n) is 2.86. The van der Waals surface area contributed by atoms with Gasteiger partial charge in [-0.05, 0) is 23.6 Å². The van der Waals surface area contributed by atoms with Crippen molar-refractivity contribution >= 4 is 5.91 Å². The monoisotopic (exact) mass is 234 g/mol. The standard InChI is InChI=1S/C14H22N2O/c1-4-16-13(9-14(15)17)12-7-5-11(6-8-12)10(2)3/h5-8,10,13,16H,4,9H2,1-3H3,(H2,15,17). The first kappa shape index (κ1) is 13.7. The van der Waals surface area contributed by atoms with Crippen molar-refractivity contribution in [2.75, 3.05) is 6.54 Å². The van der Waals surface area contributed by atoms with Crippen LogP contribution in [0.2, 0.25) is 0 Å². The van der Waals surface area contributed by atoms with Crippen LogP contribution >= 0.6 is 0 Å². The number of benzene rings is 1. The average molecular weight is 234 g/mol. The third kappa shape index (κ3) is 4.19. The summed E-state index contributed by atoms with van der Waals surface area (Å²) in [7, 11) is 0. The topological polar surface area (TPSA) is 55.1 Å². The van der Waals surface area contributed by atoms with Crippen LogP contribution in [0.25, 0.3) is 0 Å². The molecule has 0 aliphatic rings. The average Bonchev–Trinajstić information content (AvgIpc) is 2.28. The molecule has 0 bridgehead atoms. The Hall–Kier alpha value is -1.35. The molecule has 1 amide bonds. The zero-order chi connectivity index (χ0) is 12.8. The van der Waals surface area contributed by atoms with E-state index in [1.165, 1.54) is 5.56 Å². The van der Waals surface area contributed by atoms with Gasteiger partial charge < -0.3 is 11.1 Å². The zero-order valence-electron chi connectivity index (χ0n) is 10.9. The molecule has 3 nitrogen and oxygen atoms in total. The molecule has 1 aromatic carbocycles. The normalized spacial score (nSPS) is 12.7. The summed E-state index contributed by atoms with van der Waals surface area (Å²) in [4.78, 5) is 11.0. The van der Waals surface area contributed by atoms with Crippen LogP contribution in [-0.4, -0.2) is 12.5 Å². The van der Waals surface area contributed by atoms with Gasteiger partial charge in [0.05, 0.1) is 0 Å². The predicted octanol–water partition coefficient (Wildman–Crippen LogP) is 2.34. The highest BCUT2D eigenvalue weighted by molar-refractivity contribution is 5.74. The van der Waals surface area contributed by atoms with E-state index >= 15 is 0 Å². The van der Waals surface area contributed by atoms with E-state index in [0.29, 0.717) is 12.3 Å². The molecule has 1 rings (SSSR count). The molecule has 0 saturated heterocycles. The number of carbonyl (C=O) groups is 1. The Morgan fingerprint density at radius 3 is 2.18 bits per heavy atom. The van der Waals surface area contributed by atoms with Gasteiger partial charge in [-0.2, -0.15) is 0 Å². The van der Waals surface area contributed by atoms with E-state index in [9.17, 15) is 4.79 Å². The van der Waals surface area contributed by atoms with E-state index in [4.69, 9.17) is 5.73 Å². The number of nitrogens with one attached hydrogen (secondary N) is 1. The summed E-state index contributed by atoms with van der Waals surface area (Å²) < 4.78 is 0. The second kappa shape index (κ2) is 6.40. The van der Waals surface area contributed by atoms with Gasteiger partial charge in [0.25, 0.3) is 0 Å². The van der Waals surface area contributed by atoms with Crippen LogP contribution in [0.3, 0.4) is 0 Å². The van der Waals surface area contributed by atoms with Crippen molar-refractivity contribution in [3.63, 3.8) is 0 Å². The van der Waals surface area contributed by atoms with Gasteiger partial charge in [-0.3, -0.25) is 4.79 Å². The van der Waals surface area contributed by atoms with Crippen LogP contribution in [0.4, 0.5) is 0 Å². The Bertz CT molecular complexity index is 357. The zero-order valence-corrected chi connectivity index (χ0v) is 10.9. The predicted molar refractivity (Wildman–Crippen MR) is 70.8 cm³/mol. The molecule has 3 N–H and O–H groups in total. The van der Waals surface area contributed by atoms with E-state index in [0.717, 1.165) is 12.1 Å². The Morgan fingerprint density at radius 2 is 1.76 bits per heavy atom. The Kier molecular flexibility index (Phi) is 5.16. The quantitative estimate of drug-likeness (QED) is 0.793. The summed E-state index contributed by atoms with van der Waals surface area (Å²) in [5.74, 6) is 0.252. The molecule has 17 heavy (non-hydrogen) atoms. The molecule has 0 saturated carbocycles. The van der Waals surface area contributed by atoms with E-state index in [-0.39, 0.29) is 11.9 Å². The smallest absolute Gasteiger partial charge is 0.219 e. The lowest BCUT2D eigenvalue weighted by Gasteiger charge is -2.17. The Labute approximate surface area is 103 Å². The first-order valence-corrected chi connectivity index (χ1v) is 6.16. The molecule has 94 valence electrons. The SMILES string of the molecule is CCNC(CC(N)=O)c1ccc(C(C)C)cc1. The highest BCUT2D eigenvalue weighted by Gasteiger charge is 2.13. The molecule has 0 aromatic heterocycles. The van der Waals surface area contributed by atoms with Crippen LogP contribution in [0.15, 0.2) is 24.3 Å². The number of amides is 1. The van der Waals surface area contributed by atoms with Crippen LogP contribution < -0.4 is 11.1 Å². The van der Waals surface area contributed by atoms with Gasteiger partial charge in [-0.15, -0.1) is 0 Å². The fraction of sp³-hybridized carbons (Fsp3) is 0.500. The Morgan fingerprint density at radius 1 is 1.24 bits per heavy atom. The van der Waals surface area contributed by atoms with Crippen molar-refractivity contribution < 1.29 is 4.79 Å². The molecule has 0 fully saturated rings. The maximum absolute atomic E-state index is 11.0. The van der Waals surface area contributed by atoms with Gasteiger partial charge in [0, 0.05) is 12.5 Å². The summed E-state index contributed by atoms with van der Waals surface area (Å²) >= 11 is 0. The first-order chi connectivity index (χ1) is 8.04. The van der Waals surface area contributed by atoms with Crippen LogP contribution in [0.5, 0.6) is 0 Å². The first-order valence-electron chi connectivity index (χ1n) is 6.16. The molecule has 0 aliphatic heterocycles. The van der Waals surface area contributed by atoms with Gasteiger partial charge in [-0.25, -0.2) is 0 Å². The number of carbonyl (C=O) groups excluding carboxylic acids is 1.